The molecule has 0 saturated heterocycles. The van der Waals surface area contributed by atoms with Gasteiger partial charge in [-0.2, -0.15) is 5.10 Å². The van der Waals surface area contributed by atoms with E-state index in [1.165, 1.54) is 29.9 Å². The summed E-state index contributed by atoms with van der Waals surface area (Å²) in [5, 5.41) is 7.41. The van der Waals surface area contributed by atoms with E-state index >= 15 is 0 Å². The highest BCUT2D eigenvalue weighted by Crippen LogP contribution is 2.37. The second kappa shape index (κ2) is 9.36. The molecule has 182 valence electrons. The van der Waals surface area contributed by atoms with Crippen molar-refractivity contribution >= 4 is 23.5 Å². The number of aromatic nitrogens is 2. The minimum atomic E-state index is -1.32. The number of anilines is 1. The molecule has 1 aromatic carbocycles. The Morgan fingerprint density at radius 2 is 1.76 bits per heavy atom. The molecule has 10 heteroatoms. The molecule has 1 atom stereocenters. The number of ether oxygens (including phenoxy) is 3. The van der Waals surface area contributed by atoms with Gasteiger partial charge in [0.15, 0.2) is 5.69 Å². The number of amides is 2. The van der Waals surface area contributed by atoms with E-state index in [-0.39, 0.29) is 36.5 Å². The molecule has 1 N–H and O–H groups in total. The Morgan fingerprint density at radius 3 is 2.35 bits per heavy atom. The molecule has 2 amide bonds. The maximum Gasteiger partial charge on any atom is 0.358 e. The van der Waals surface area contributed by atoms with Gasteiger partial charge in [0, 0.05) is 30.3 Å². The zero-order valence-electron chi connectivity index (χ0n) is 19.9. The first-order valence-corrected chi connectivity index (χ1v) is 11.4. The molecule has 34 heavy (non-hydrogen) atoms. The first-order valence-electron chi connectivity index (χ1n) is 11.4. The first-order chi connectivity index (χ1) is 16.3. The Hall–Kier alpha value is -3.56. The Labute approximate surface area is 198 Å². The van der Waals surface area contributed by atoms with E-state index in [1.54, 1.807) is 32.0 Å². The lowest BCUT2D eigenvalue weighted by molar-refractivity contribution is -0.127. The Bertz CT molecular complexity index is 1080. The number of benzene rings is 1. The maximum absolute atomic E-state index is 13.8. The van der Waals surface area contributed by atoms with Crippen molar-refractivity contribution in [2.75, 3.05) is 25.7 Å². The molecule has 1 saturated carbocycles. The quantitative estimate of drug-likeness (QED) is 0.619. The van der Waals surface area contributed by atoms with Crippen molar-refractivity contribution in [1.82, 2.24) is 15.1 Å². The van der Waals surface area contributed by atoms with E-state index in [0.717, 1.165) is 25.7 Å². The van der Waals surface area contributed by atoms with Gasteiger partial charge in [-0.1, -0.05) is 12.8 Å². The minimum Gasteiger partial charge on any atom is -0.497 e. The molecule has 10 nitrogen and oxygen atoms in total. The fourth-order valence-electron chi connectivity index (χ4n) is 4.62. The average molecular weight is 471 g/mol. The summed E-state index contributed by atoms with van der Waals surface area (Å²) in [5.74, 6) is -0.412. The molecule has 4 rings (SSSR count). The van der Waals surface area contributed by atoms with Gasteiger partial charge >= 0.3 is 5.97 Å². The molecule has 0 bridgehead atoms. The molecule has 0 spiro atoms. The number of nitrogens with zero attached hydrogens (tertiary/aromatic N) is 3. The van der Waals surface area contributed by atoms with E-state index in [4.69, 9.17) is 14.2 Å². The molecular formula is C24H30N4O6. The second-order valence-electron chi connectivity index (χ2n) is 8.73. The van der Waals surface area contributed by atoms with Gasteiger partial charge in [-0.3, -0.25) is 19.2 Å². The molecule has 1 aromatic heterocycles. The number of carbonyl (C=O) groups is 3. The van der Waals surface area contributed by atoms with Gasteiger partial charge in [0.05, 0.1) is 33.1 Å². The number of methoxy groups -OCH3 is 2. The van der Waals surface area contributed by atoms with Crippen molar-refractivity contribution in [3.05, 3.63) is 35.7 Å². The number of carbonyl (C=O) groups excluding carboxylic acids is 3. The molecule has 0 unspecified atom stereocenters. The lowest BCUT2D eigenvalue weighted by Gasteiger charge is -2.43. The molecule has 2 heterocycles. The molecule has 1 fully saturated rings. The van der Waals surface area contributed by atoms with Crippen molar-refractivity contribution in [2.45, 2.75) is 57.7 Å². The van der Waals surface area contributed by atoms with Crippen LogP contribution in [0.5, 0.6) is 11.5 Å². The number of rotatable bonds is 7. The van der Waals surface area contributed by atoms with Crippen LogP contribution >= 0.6 is 0 Å². The fraction of sp³-hybridized carbons (Fsp3) is 0.500. The predicted molar refractivity (Wildman–Crippen MR) is 123 cm³/mol. The van der Waals surface area contributed by atoms with Gasteiger partial charge in [0.25, 0.3) is 5.91 Å². The maximum atomic E-state index is 13.8. The smallest absolute Gasteiger partial charge is 0.358 e. The normalized spacial score (nSPS) is 20.1. The van der Waals surface area contributed by atoms with Crippen LogP contribution in [0.15, 0.2) is 24.3 Å². The summed E-state index contributed by atoms with van der Waals surface area (Å²) in [6.07, 6.45) is 3.93. The number of hydrogen-bond acceptors (Lipinski definition) is 7. The van der Waals surface area contributed by atoms with Crippen LogP contribution in [0.25, 0.3) is 0 Å². The van der Waals surface area contributed by atoms with Crippen LogP contribution in [-0.4, -0.2) is 60.0 Å². The monoisotopic (exact) mass is 470 g/mol. The van der Waals surface area contributed by atoms with Gasteiger partial charge in [-0.05, 0) is 26.7 Å². The zero-order chi connectivity index (χ0) is 24.5. The van der Waals surface area contributed by atoms with Crippen LogP contribution in [0.2, 0.25) is 0 Å². The molecule has 1 aliphatic heterocycles. The summed E-state index contributed by atoms with van der Waals surface area (Å²) in [6.45, 7) is 3.65. The van der Waals surface area contributed by atoms with Crippen molar-refractivity contribution in [3.63, 3.8) is 0 Å². The number of fused-ring (bicyclic) bond motifs is 1. The minimum absolute atomic E-state index is 0.0221. The highest BCUT2D eigenvalue weighted by molar-refractivity contribution is 6.12. The SMILES string of the molecule is CCOC(=O)c1cc2n(n1)C[C@](C)(C(=O)NC1CCCC1)N(c1cc(OC)cc(OC)c1)C2=O. The first kappa shape index (κ1) is 23.6. The zero-order valence-corrected chi connectivity index (χ0v) is 19.9. The number of nitrogens with one attached hydrogen (secondary N) is 1. The van der Waals surface area contributed by atoms with Crippen LogP contribution in [0.3, 0.4) is 0 Å². The van der Waals surface area contributed by atoms with Crippen LogP contribution in [0, 0.1) is 0 Å². The average Bonchev–Trinajstić information content (AvgIpc) is 3.49. The lowest BCUT2D eigenvalue weighted by atomic mass is 9.93. The summed E-state index contributed by atoms with van der Waals surface area (Å²) in [6, 6.07) is 6.52. The van der Waals surface area contributed by atoms with Gasteiger partial charge in [0.1, 0.15) is 22.7 Å². The third kappa shape index (κ3) is 4.20. The van der Waals surface area contributed by atoms with E-state index in [1.807, 2.05) is 0 Å². The Morgan fingerprint density at radius 1 is 1.12 bits per heavy atom. The highest BCUT2D eigenvalue weighted by atomic mass is 16.5. The van der Waals surface area contributed by atoms with Crippen molar-refractivity contribution in [2.24, 2.45) is 0 Å². The highest BCUT2D eigenvalue weighted by Gasteiger charge is 2.50. The van der Waals surface area contributed by atoms with Gasteiger partial charge in [-0.15, -0.1) is 0 Å². The number of esters is 1. The third-order valence-electron chi connectivity index (χ3n) is 6.41. The third-order valence-corrected chi connectivity index (χ3v) is 6.41. The lowest BCUT2D eigenvalue weighted by Crippen LogP contribution is -2.65. The molecule has 2 aliphatic rings. The van der Waals surface area contributed by atoms with Crippen molar-refractivity contribution in [3.8, 4) is 11.5 Å². The standard InChI is InChI=1S/C24H30N4O6/c1-5-34-22(30)19-13-20-21(29)28(16-10-17(32-3)12-18(11-16)33-4)24(2,14-27(20)26-19)23(31)25-15-8-6-7-9-15/h10-13,15H,5-9,14H2,1-4H3,(H,25,31)/t24-/m1/s1. The molecular weight excluding hydrogens is 440 g/mol. The van der Waals surface area contributed by atoms with Crippen LogP contribution in [0.1, 0.15) is 60.5 Å². The Balaban J connectivity index is 1.81. The van der Waals surface area contributed by atoms with Crippen molar-refractivity contribution < 1.29 is 28.6 Å². The molecule has 2 aromatic rings. The van der Waals surface area contributed by atoms with Crippen molar-refractivity contribution in [1.29, 1.82) is 0 Å². The van der Waals surface area contributed by atoms with E-state index in [2.05, 4.69) is 10.4 Å². The fourth-order valence-corrected chi connectivity index (χ4v) is 4.62. The van der Waals surface area contributed by atoms with E-state index in [9.17, 15) is 14.4 Å². The van der Waals surface area contributed by atoms with E-state index in [0.29, 0.717) is 17.2 Å². The topological polar surface area (TPSA) is 112 Å². The molecule has 1 aliphatic carbocycles. The Kier molecular flexibility index (Phi) is 6.49. The largest absolute Gasteiger partial charge is 0.497 e. The number of hydrogen-bond donors (Lipinski definition) is 1. The van der Waals surface area contributed by atoms with E-state index < -0.39 is 17.4 Å². The predicted octanol–water partition coefficient (Wildman–Crippen LogP) is 2.55. The van der Waals surface area contributed by atoms with Gasteiger partial charge in [0.2, 0.25) is 5.91 Å². The summed E-state index contributed by atoms with van der Waals surface area (Å²) in [5.41, 5.74) is -0.664. The van der Waals surface area contributed by atoms with Gasteiger partial charge < -0.3 is 19.5 Å². The molecule has 0 radical (unpaired) electrons. The van der Waals surface area contributed by atoms with Crippen LogP contribution < -0.4 is 19.7 Å². The summed E-state index contributed by atoms with van der Waals surface area (Å²) in [7, 11) is 3.03. The van der Waals surface area contributed by atoms with Gasteiger partial charge in [-0.25, -0.2) is 4.79 Å². The van der Waals surface area contributed by atoms with Crippen LogP contribution in [-0.2, 0) is 16.1 Å². The summed E-state index contributed by atoms with van der Waals surface area (Å²) >= 11 is 0. The summed E-state index contributed by atoms with van der Waals surface area (Å²) < 4.78 is 17.3. The summed E-state index contributed by atoms with van der Waals surface area (Å²) in [4.78, 5) is 41.2. The second-order valence-corrected chi connectivity index (χ2v) is 8.73. The van der Waals surface area contributed by atoms with Crippen LogP contribution in [0.4, 0.5) is 5.69 Å².